The molecule has 0 amide bonds. The van der Waals surface area contributed by atoms with Gasteiger partial charge in [0.25, 0.3) is 0 Å². The van der Waals surface area contributed by atoms with Crippen LogP contribution >= 0.6 is 0 Å². The SMILES string of the molecule is CCOc1ccc(-n2nnc(C(=O)O)c2C(C)(C)C)cc1. The van der Waals surface area contributed by atoms with Crippen LogP contribution in [0, 0.1) is 0 Å². The molecule has 0 unspecified atom stereocenters. The number of aromatic carboxylic acids is 1. The first-order chi connectivity index (χ1) is 9.84. The van der Waals surface area contributed by atoms with Crippen molar-refractivity contribution in [3.8, 4) is 11.4 Å². The normalized spacial score (nSPS) is 11.4. The van der Waals surface area contributed by atoms with Crippen LogP contribution in [0.4, 0.5) is 0 Å². The molecule has 1 heterocycles. The monoisotopic (exact) mass is 289 g/mol. The number of rotatable bonds is 4. The quantitative estimate of drug-likeness (QED) is 0.936. The average molecular weight is 289 g/mol. The van der Waals surface area contributed by atoms with E-state index in [9.17, 15) is 9.90 Å². The molecule has 1 aromatic carbocycles. The summed E-state index contributed by atoms with van der Waals surface area (Å²) in [5.74, 6) is -0.311. The molecule has 21 heavy (non-hydrogen) atoms. The molecule has 0 spiro atoms. The Balaban J connectivity index is 2.51. The molecule has 1 N–H and O–H groups in total. The van der Waals surface area contributed by atoms with E-state index in [4.69, 9.17) is 4.74 Å². The summed E-state index contributed by atoms with van der Waals surface area (Å²) >= 11 is 0. The summed E-state index contributed by atoms with van der Waals surface area (Å²) in [6.45, 7) is 8.32. The van der Waals surface area contributed by atoms with Crippen molar-refractivity contribution < 1.29 is 14.6 Å². The Morgan fingerprint density at radius 3 is 2.38 bits per heavy atom. The van der Waals surface area contributed by atoms with Gasteiger partial charge in [-0.1, -0.05) is 26.0 Å². The maximum Gasteiger partial charge on any atom is 0.358 e. The van der Waals surface area contributed by atoms with E-state index in [0.29, 0.717) is 12.3 Å². The number of carboxylic acid groups (broad SMARTS) is 1. The Morgan fingerprint density at radius 2 is 1.90 bits per heavy atom. The molecule has 0 aliphatic carbocycles. The molecule has 0 saturated carbocycles. The van der Waals surface area contributed by atoms with Crippen LogP contribution in [-0.4, -0.2) is 32.7 Å². The van der Waals surface area contributed by atoms with E-state index in [1.165, 1.54) is 0 Å². The maximum absolute atomic E-state index is 11.3. The van der Waals surface area contributed by atoms with Crippen LogP contribution in [0.25, 0.3) is 5.69 Å². The highest BCUT2D eigenvalue weighted by atomic mass is 16.5. The van der Waals surface area contributed by atoms with Crippen molar-refractivity contribution in [1.82, 2.24) is 15.0 Å². The fourth-order valence-corrected chi connectivity index (χ4v) is 2.13. The van der Waals surface area contributed by atoms with Crippen molar-refractivity contribution in [3.05, 3.63) is 35.7 Å². The van der Waals surface area contributed by atoms with Crippen LogP contribution < -0.4 is 4.74 Å². The Bertz CT molecular complexity index is 639. The van der Waals surface area contributed by atoms with E-state index in [-0.39, 0.29) is 5.69 Å². The van der Waals surface area contributed by atoms with E-state index in [1.54, 1.807) is 4.68 Å². The minimum absolute atomic E-state index is 0.0172. The number of hydrogen-bond acceptors (Lipinski definition) is 4. The Morgan fingerprint density at radius 1 is 1.29 bits per heavy atom. The van der Waals surface area contributed by atoms with Gasteiger partial charge >= 0.3 is 5.97 Å². The molecule has 0 aliphatic heterocycles. The number of carbonyl (C=O) groups is 1. The first-order valence-electron chi connectivity index (χ1n) is 6.77. The van der Waals surface area contributed by atoms with Gasteiger partial charge in [-0.15, -0.1) is 5.10 Å². The van der Waals surface area contributed by atoms with Crippen LogP contribution in [0.5, 0.6) is 5.75 Å². The molecule has 2 aromatic rings. The minimum Gasteiger partial charge on any atom is -0.494 e. The third-order valence-electron chi connectivity index (χ3n) is 2.98. The third-order valence-corrected chi connectivity index (χ3v) is 2.98. The van der Waals surface area contributed by atoms with Crippen molar-refractivity contribution in [2.45, 2.75) is 33.1 Å². The number of hydrogen-bond donors (Lipinski definition) is 1. The summed E-state index contributed by atoms with van der Waals surface area (Å²) in [4.78, 5) is 11.3. The predicted octanol–water partition coefficient (Wildman–Crippen LogP) is 2.66. The summed E-state index contributed by atoms with van der Waals surface area (Å²) in [5.41, 5.74) is 0.912. The summed E-state index contributed by atoms with van der Waals surface area (Å²) < 4.78 is 6.97. The van der Waals surface area contributed by atoms with Crippen LogP contribution in [0.3, 0.4) is 0 Å². The molecule has 6 nitrogen and oxygen atoms in total. The second-order valence-corrected chi connectivity index (χ2v) is 5.68. The molecule has 0 saturated heterocycles. The van der Waals surface area contributed by atoms with E-state index in [0.717, 1.165) is 11.4 Å². The fraction of sp³-hybridized carbons (Fsp3) is 0.400. The zero-order valence-corrected chi connectivity index (χ0v) is 12.6. The van der Waals surface area contributed by atoms with Gasteiger partial charge in [-0.25, -0.2) is 9.48 Å². The Kier molecular flexibility index (Phi) is 3.97. The van der Waals surface area contributed by atoms with Gasteiger partial charge in [0.1, 0.15) is 5.75 Å². The molecule has 1 aromatic heterocycles. The lowest BCUT2D eigenvalue weighted by molar-refractivity contribution is 0.0687. The number of aromatic nitrogens is 3. The molecule has 2 rings (SSSR count). The highest BCUT2D eigenvalue weighted by Gasteiger charge is 2.29. The molecule has 0 fully saturated rings. The van der Waals surface area contributed by atoms with Crippen molar-refractivity contribution in [2.24, 2.45) is 0 Å². The smallest absolute Gasteiger partial charge is 0.358 e. The van der Waals surface area contributed by atoms with E-state index in [2.05, 4.69) is 10.3 Å². The van der Waals surface area contributed by atoms with E-state index >= 15 is 0 Å². The van der Waals surface area contributed by atoms with Crippen molar-refractivity contribution in [1.29, 1.82) is 0 Å². The van der Waals surface area contributed by atoms with E-state index in [1.807, 2.05) is 52.0 Å². The number of benzene rings is 1. The lowest BCUT2D eigenvalue weighted by Gasteiger charge is -2.20. The van der Waals surface area contributed by atoms with Gasteiger partial charge in [0.2, 0.25) is 0 Å². The second-order valence-electron chi connectivity index (χ2n) is 5.68. The van der Waals surface area contributed by atoms with Gasteiger partial charge in [-0.3, -0.25) is 0 Å². The Hall–Kier alpha value is -2.37. The van der Waals surface area contributed by atoms with Gasteiger partial charge in [-0.05, 0) is 31.2 Å². The predicted molar refractivity (Wildman–Crippen MR) is 78.2 cm³/mol. The van der Waals surface area contributed by atoms with E-state index < -0.39 is 11.4 Å². The first kappa shape index (κ1) is 15.0. The van der Waals surface area contributed by atoms with Gasteiger partial charge in [0.05, 0.1) is 18.0 Å². The van der Waals surface area contributed by atoms with Gasteiger partial charge < -0.3 is 9.84 Å². The zero-order valence-electron chi connectivity index (χ0n) is 12.6. The summed E-state index contributed by atoms with van der Waals surface area (Å²) in [7, 11) is 0. The minimum atomic E-state index is -1.07. The topological polar surface area (TPSA) is 77.2 Å². The molecule has 0 aliphatic rings. The third kappa shape index (κ3) is 3.04. The molecule has 0 atom stereocenters. The molecule has 0 radical (unpaired) electrons. The molecular formula is C15H19N3O3. The highest BCUT2D eigenvalue weighted by molar-refractivity contribution is 5.87. The Labute approximate surface area is 123 Å². The van der Waals surface area contributed by atoms with Gasteiger partial charge in [-0.2, -0.15) is 0 Å². The fourth-order valence-electron chi connectivity index (χ4n) is 2.13. The number of carboxylic acids is 1. The zero-order chi connectivity index (χ0) is 15.6. The van der Waals surface area contributed by atoms with Crippen LogP contribution in [0.1, 0.15) is 43.9 Å². The molecule has 6 heteroatoms. The summed E-state index contributed by atoms with van der Waals surface area (Å²) in [5, 5.41) is 17.1. The number of ether oxygens (including phenoxy) is 1. The van der Waals surface area contributed by atoms with Gasteiger partial charge in [0.15, 0.2) is 5.69 Å². The largest absolute Gasteiger partial charge is 0.494 e. The lowest BCUT2D eigenvalue weighted by atomic mass is 9.90. The van der Waals surface area contributed by atoms with Crippen molar-refractivity contribution in [2.75, 3.05) is 6.61 Å². The average Bonchev–Trinajstić information content (AvgIpc) is 2.85. The molecular weight excluding hydrogens is 270 g/mol. The van der Waals surface area contributed by atoms with Crippen molar-refractivity contribution >= 4 is 5.97 Å². The number of nitrogens with zero attached hydrogens (tertiary/aromatic N) is 3. The first-order valence-corrected chi connectivity index (χ1v) is 6.77. The highest BCUT2D eigenvalue weighted by Crippen LogP contribution is 2.27. The van der Waals surface area contributed by atoms with Crippen LogP contribution in [0.2, 0.25) is 0 Å². The van der Waals surface area contributed by atoms with Crippen LogP contribution in [-0.2, 0) is 5.41 Å². The van der Waals surface area contributed by atoms with Crippen LogP contribution in [0.15, 0.2) is 24.3 Å². The summed E-state index contributed by atoms with van der Waals surface area (Å²) in [6, 6.07) is 7.32. The van der Waals surface area contributed by atoms with Crippen molar-refractivity contribution in [3.63, 3.8) is 0 Å². The molecule has 0 bridgehead atoms. The maximum atomic E-state index is 11.3. The summed E-state index contributed by atoms with van der Waals surface area (Å²) in [6.07, 6.45) is 0. The molecule has 112 valence electrons. The second kappa shape index (κ2) is 5.55. The lowest BCUT2D eigenvalue weighted by Crippen LogP contribution is -2.21. The standard InChI is InChI=1S/C15H19N3O3/c1-5-21-11-8-6-10(7-9-11)18-13(15(2,3)4)12(14(19)20)16-17-18/h6-9H,5H2,1-4H3,(H,19,20). The van der Waals surface area contributed by atoms with Gasteiger partial charge in [0, 0.05) is 5.41 Å².